The number of rotatable bonds is 10. The van der Waals surface area contributed by atoms with Crippen LogP contribution in [0.25, 0.3) is 11.1 Å². The largest absolute Gasteiger partial charge is 0.486 e. The van der Waals surface area contributed by atoms with Crippen LogP contribution < -0.4 is 10.1 Å². The van der Waals surface area contributed by atoms with Crippen LogP contribution in [-0.2, 0) is 23.2 Å². The van der Waals surface area contributed by atoms with Crippen molar-refractivity contribution in [1.29, 1.82) is 0 Å². The molecule has 0 spiro atoms. The Kier molecular flexibility index (Phi) is 8.34. The lowest BCUT2D eigenvalue weighted by Gasteiger charge is -2.09. The highest BCUT2D eigenvalue weighted by Gasteiger charge is 2.23. The molecule has 0 saturated heterocycles. The maximum absolute atomic E-state index is 13.0. The molecule has 186 valence electrons. The van der Waals surface area contributed by atoms with Gasteiger partial charge in [-0.2, -0.15) is 0 Å². The van der Waals surface area contributed by atoms with Crippen LogP contribution in [0.4, 0.5) is 9.39 Å². The van der Waals surface area contributed by atoms with Gasteiger partial charge in [-0.3, -0.25) is 4.79 Å². The van der Waals surface area contributed by atoms with Crippen LogP contribution in [0.15, 0.2) is 65.1 Å². The normalized spacial score (nSPS) is 10.8. The molecule has 0 fully saturated rings. The molecule has 8 nitrogen and oxygen atoms in total. The highest BCUT2D eigenvalue weighted by Crippen LogP contribution is 2.36. The summed E-state index contributed by atoms with van der Waals surface area (Å²) in [4.78, 5) is 25.4. The molecule has 0 unspecified atom stereocenters. The highest BCUT2D eigenvalue weighted by atomic mass is 32.2. The van der Waals surface area contributed by atoms with Crippen molar-refractivity contribution in [3.8, 4) is 16.9 Å². The number of benzene rings is 2. The smallest absolute Gasteiger partial charge is 0.341 e. The first-order chi connectivity index (χ1) is 17.5. The number of nitrogens with one attached hydrogen (secondary N) is 1. The van der Waals surface area contributed by atoms with Gasteiger partial charge in [0.2, 0.25) is 5.91 Å². The van der Waals surface area contributed by atoms with Crippen molar-refractivity contribution >= 4 is 40.0 Å². The Bertz CT molecular complexity index is 1340. The van der Waals surface area contributed by atoms with Crippen molar-refractivity contribution in [1.82, 2.24) is 14.8 Å². The van der Waals surface area contributed by atoms with Crippen molar-refractivity contribution in [2.75, 3.05) is 17.7 Å². The van der Waals surface area contributed by atoms with Crippen molar-refractivity contribution in [3.63, 3.8) is 0 Å². The second kappa shape index (κ2) is 11.8. The predicted molar refractivity (Wildman–Crippen MR) is 137 cm³/mol. The molecule has 1 N–H and O–H groups in total. The summed E-state index contributed by atoms with van der Waals surface area (Å²) in [6.07, 6.45) is 0. The molecule has 2 aromatic carbocycles. The summed E-state index contributed by atoms with van der Waals surface area (Å²) in [6, 6.07) is 15.2. The van der Waals surface area contributed by atoms with Gasteiger partial charge in [0.15, 0.2) is 11.0 Å². The molecule has 36 heavy (non-hydrogen) atoms. The Morgan fingerprint density at radius 1 is 1.11 bits per heavy atom. The zero-order valence-electron chi connectivity index (χ0n) is 19.6. The number of anilines is 1. The van der Waals surface area contributed by atoms with E-state index in [0.717, 1.165) is 5.56 Å². The van der Waals surface area contributed by atoms with Crippen molar-refractivity contribution in [2.24, 2.45) is 7.05 Å². The number of nitrogens with zero attached hydrogens (tertiary/aromatic N) is 3. The van der Waals surface area contributed by atoms with Crippen LogP contribution in [0.5, 0.6) is 5.75 Å². The highest BCUT2D eigenvalue weighted by molar-refractivity contribution is 7.99. The Morgan fingerprint density at radius 3 is 2.58 bits per heavy atom. The number of hydrogen-bond acceptors (Lipinski definition) is 8. The number of ether oxygens (including phenoxy) is 2. The molecule has 0 aliphatic heterocycles. The number of hydrogen-bond donors (Lipinski definition) is 1. The maximum atomic E-state index is 13.0. The predicted octanol–water partition coefficient (Wildman–Crippen LogP) is 5.17. The van der Waals surface area contributed by atoms with Crippen molar-refractivity contribution in [3.05, 3.63) is 77.2 Å². The summed E-state index contributed by atoms with van der Waals surface area (Å²) in [6.45, 7) is 2.11. The SMILES string of the molecule is CCOC(=O)c1c(-c2ccccc2)csc1NC(=O)CSc1nnc(COc2ccc(F)cc2)n1C. The fraction of sp³-hybridized carbons (Fsp3) is 0.200. The molecule has 0 saturated carbocycles. The van der Waals surface area contributed by atoms with Crippen molar-refractivity contribution in [2.45, 2.75) is 18.7 Å². The number of thiophene rings is 1. The minimum absolute atomic E-state index is 0.0611. The van der Waals surface area contributed by atoms with Crippen LogP contribution >= 0.6 is 23.1 Å². The Morgan fingerprint density at radius 2 is 1.86 bits per heavy atom. The molecule has 0 aliphatic carbocycles. The standard InChI is InChI=1S/C25H23FN4O4S2/c1-3-33-24(32)22-19(16-7-5-4-6-8-16)14-35-23(22)27-21(31)15-36-25-29-28-20(30(25)2)13-34-18-11-9-17(26)10-12-18/h4-12,14H,3,13,15H2,1-2H3,(H,27,31). The summed E-state index contributed by atoms with van der Waals surface area (Å²) in [5.41, 5.74) is 1.91. The van der Waals surface area contributed by atoms with E-state index in [4.69, 9.17) is 9.47 Å². The van der Waals surface area contributed by atoms with Gasteiger partial charge in [-0.1, -0.05) is 42.1 Å². The second-order valence-corrected chi connectivity index (χ2v) is 9.30. The van der Waals surface area contributed by atoms with E-state index >= 15 is 0 Å². The Hall–Kier alpha value is -3.70. The van der Waals surface area contributed by atoms with Crippen LogP contribution in [0.2, 0.25) is 0 Å². The minimum Gasteiger partial charge on any atom is -0.486 e. The van der Waals surface area contributed by atoms with Crippen LogP contribution in [-0.4, -0.2) is 39.0 Å². The zero-order valence-corrected chi connectivity index (χ0v) is 21.2. The maximum Gasteiger partial charge on any atom is 0.341 e. The number of halogens is 1. The van der Waals surface area contributed by atoms with Gasteiger partial charge in [-0.25, -0.2) is 9.18 Å². The fourth-order valence-corrected chi connectivity index (χ4v) is 4.96. The Balaban J connectivity index is 1.39. The summed E-state index contributed by atoms with van der Waals surface area (Å²) in [5.74, 6) is 0.00443. The molecule has 2 aromatic heterocycles. The van der Waals surface area contributed by atoms with Crippen LogP contribution in [0, 0.1) is 5.82 Å². The number of carbonyl (C=O) groups excluding carboxylic acids is 2. The molecule has 0 radical (unpaired) electrons. The Labute approximate surface area is 215 Å². The third-order valence-corrected chi connectivity index (χ3v) is 6.96. The van der Waals surface area contributed by atoms with E-state index in [2.05, 4.69) is 15.5 Å². The van der Waals surface area contributed by atoms with E-state index in [1.807, 2.05) is 35.7 Å². The molecule has 2 heterocycles. The monoisotopic (exact) mass is 526 g/mol. The summed E-state index contributed by atoms with van der Waals surface area (Å²) in [5, 5.41) is 13.9. The summed E-state index contributed by atoms with van der Waals surface area (Å²) >= 11 is 2.48. The van der Waals surface area contributed by atoms with Crippen LogP contribution in [0.3, 0.4) is 0 Å². The van der Waals surface area contributed by atoms with Gasteiger partial charge in [0.05, 0.1) is 12.4 Å². The van der Waals surface area contributed by atoms with Gasteiger partial charge in [0.1, 0.15) is 28.7 Å². The third kappa shape index (κ3) is 6.10. The first-order valence-electron chi connectivity index (χ1n) is 11.0. The molecular formula is C25H23FN4O4S2. The number of amides is 1. The van der Waals surface area contributed by atoms with E-state index in [1.165, 1.54) is 47.4 Å². The van der Waals surface area contributed by atoms with E-state index < -0.39 is 5.97 Å². The molecule has 0 aliphatic rings. The number of thioether (sulfide) groups is 1. The first-order valence-corrected chi connectivity index (χ1v) is 12.9. The second-order valence-electron chi connectivity index (χ2n) is 7.48. The molecule has 4 aromatic rings. The topological polar surface area (TPSA) is 95.3 Å². The number of aromatic nitrogens is 3. The first kappa shape index (κ1) is 25.4. The third-order valence-electron chi connectivity index (χ3n) is 5.05. The zero-order chi connectivity index (χ0) is 25.5. The van der Waals surface area contributed by atoms with Crippen molar-refractivity contribution < 1.29 is 23.5 Å². The van der Waals surface area contributed by atoms with E-state index in [0.29, 0.717) is 32.9 Å². The quantitative estimate of drug-likeness (QED) is 0.225. The van der Waals surface area contributed by atoms with E-state index in [1.54, 1.807) is 18.5 Å². The lowest BCUT2D eigenvalue weighted by molar-refractivity contribution is -0.113. The average Bonchev–Trinajstić information content (AvgIpc) is 3.46. The average molecular weight is 527 g/mol. The number of carbonyl (C=O) groups is 2. The molecule has 4 rings (SSSR count). The van der Waals surface area contributed by atoms with E-state index in [-0.39, 0.29) is 30.7 Å². The molecule has 11 heteroatoms. The van der Waals surface area contributed by atoms with Gasteiger partial charge in [-0.05, 0) is 36.8 Å². The van der Waals surface area contributed by atoms with Gasteiger partial charge in [0, 0.05) is 18.0 Å². The minimum atomic E-state index is -0.486. The molecule has 0 bridgehead atoms. The molecule has 0 atom stereocenters. The van der Waals surface area contributed by atoms with Gasteiger partial charge in [0.25, 0.3) is 0 Å². The van der Waals surface area contributed by atoms with Crippen LogP contribution in [0.1, 0.15) is 23.1 Å². The molecular weight excluding hydrogens is 503 g/mol. The lowest BCUT2D eigenvalue weighted by atomic mass is 10.0. The van der Waals surface area contributed by atoms with Gasteiger partial charge >= 0.3 is 5.97 Å². The van der Waals surface area contributed by atoms with Gasteiger partial charge < -0.3 is 19.4 Å². The number of esters is 1. The summed E-state index contributed by atoms with van der Waals surface area (Å²) in [7, 11) is 1.77. The molecule has 1 amide bonds. The van der Waals surface area contributed by atoms with Gasteiger partial charge in [-0.15, -0.1) is 21.5 Å². The lowest BCUT2D eigenvalue weighted by Crippen LogP contribution is -2.16. The summed E-state index contributed by atoms with van der Waals surface area (Å²) < 4.78 is 25.6. The fourth-order valence-electron chi connectivity index (χ4n) is 3.25. The van der Waals surface area contributed by atoms with E-state index in [9.17, 15) is 14.0 Å².